The number of benzene rings is 1. The largest absolute Gasteiger partial charge is 0.456 e. The molecule has 1 heterocycles. The number of rotatable bonds is 10. The first-order chi connectivity index (χ1) is 14.1. The highest BCUT2D eigenvalue weighted by Gasteiger charge is 2.43. The Morgan fingerprint density at radius 2 is 1.83 bits per heavy atom. The summed E-state index contributed by atoms with van der Waals surface area (Å²) in [7, 11) is 0. The number of imide groups is 1. The van der Waals surface area contributed by atoms with E-state index in [0.29, 0.717) is 6.42 Å². The van der Waals surface area contributed by atoms with Crippen LogP contribution in [0.3, 0.4) is 0 Å². The number of nitrogens with one attached hydrogen (secondary N) is 2. The minimum atomic E-state index is -0.956. The quantitative estimate of drug-likeness (QED) is 0.432. The topological polar surface area (TPSA) is 122 Å². The lowest BCUT2D eigenvalue weighted by atomic mass is 10.0. The minimum absolute atomic E-state index is 0.0507. The van der Waals surface area contributed by atoms with E-state index in [2.05, 4.69) is 10.6 Å². The van der Waals surface area contributed by atoms with Crippen LogP contribution in [0, 0.1) is 0 Å². The van der Waals surface area contributed by atoms with Crippen molar-refractivity contribution >= 4 is 29.6 Å². The Labute approximate surface area is 175 Å². The number of nitrogens with zero attached hydrogens (tertiary/aromatic N) is 1. The monoisotopic (exact) mass is 417 g/mol. The van der Waals surface area contributed by atoms with Crippen molar-refractivity contribution in [3.63, 3.8) is 0 Å². The zero-order valence-corrected chi connectivity index (χ0v) is 17.4. The first-order valence-electron chi connectivity index (χ1n) is 9.73. The number of Topliss-reactive ketones (excluding diaryl/α,β-unsaturated/α-hetero) is 1. The first-order valence-corrected chi connectivity index (χ1v) is 9.73. The molecule has 0 spiro atoms. The maximum absolute atomic E-state index is 12.1. The molecular weight excluding hydrogens is 390 g/mol. The second-order valence-electron chi connectivity index (χ2n) is 7.70. The maximum atomic E-state index is 12.1. The van der Waals surface area contributed by atoms with Gasteiger partial charge in [-0.15, -0.1) is 0 Å². The highest BCUT2D eigenvalue weighted by Crippen LogP contribution is 2.17. The van der Waals surface area contributed by atoms with Gasteiger partial charge in [-0.05, 0) is 39.2 Å². The molecule has 9 nitrogen and oxygen atoms in total. The zero-order chi connectivity index (χ0) is 22.3. The molecule has 1 aliphatic rings. The Kier molecular flexibility index (Phi) is 7.68. The van der Waals surface area contributed by atoms with Crippen molar-refractivity contribution in [3.8, 4) is 0 Å². The molecular formula is C21H27N3O6. The van der Waals surface area contributed by atoms with Gasteiger partial charge in [0.05, 0.1) is 6.04 Å². The number of carbonyl (C=O) groups excluding carboxylic acids is 5. The number of hydrogen-bond donors (Lipinski definition) is 2. The standard InChI is InChI=1S/C21H27N3O6/c1-14(25)16(12-15-8-5-4-6-9-15)22-17(26)13-30-18(27)10-7-11-24-19(28)21(2,3)23-20(24)29/h4-6,8-9,16H,7,10-13H2,1-3H3,(H,22,26)(H,23,29)/t16-/m0/s1. The molecule has 30 heavy (non-hydrogen) atoms. The predicted molar refractivity (Wildman–Crippen MR) is 107 cm³/mol. The highest BCUT2D eigenvalue weighted by atomic mass is 16.5. The summed E-state index contributed by atoms with van der Waals surface area (Å²) in [5.41, 5.74) is -0.0541. The third kappa shape index (κ3) is 6.40. The third-order valence-corrected chi connectivity index (χ3v) is 4.68. The lowest BCUT2D eigenvalue weighted by molar-refractivity contribution is -0.149. The van der Waals surface area contributed by atoms with Crippen molar-refractivity contribution < 1.29 is 28.7 Å². The van der Waals surface area contributed by atoms with Gasteiger partial charge < -0.3 is 15.4 Å². The second kappa shape index (κ2) is 10.00. The van der Waals surface area contributed by atoms with E-state index in [-0.39, 0.29) is 31.1 Å². The normalized spacial score (nSPS) is 16.0. The predicted octanol–water partition coefficient (Wildman–Crippen LogP) is 0.957. The van der Waals surface area contributed by atoms with Crippen molar-refractivity contribution in [2.75, 3.05) is 13.2 Å². The number of amides is 4. The number of ketones is 1. The van der Waals surface area contributed by atoms with Crippen molar-refractivity contribution in [2.24, 2.45) is 0 Å². The molecule has 4 amide bonds. The molecule has 1 aromatic carbocycles. The van der Waals surface area contributed by atoms with Crippen molar-refractivity contribution in [1.29, 1.82) is 0 Å². The van der Waals surface area contributed by atoms with Crippen molar-refractivity contribution in [2.45, 2.75) is 51.6 Å². The van der Waals surface area contributed by atoms with Gasteiger partial charge in [-0.1, -0.05) is 30.3 Å². The van der Waals surface area contributed by atoms with Gasteiger partial charge >= 0.3 is 12.0 Å². The van der Waals surface area contributed by atoms with E-state index in [9.17, 15) is 24.0 Å². The van der Waals surface area contributed by atoms with E-state index in [1.54, 1.807) is 13.8 Å². The van der Waals surface area contributed by atoms with Gasteiger partial charge in [-0.25, -0.2) is 4.79 Å². The van der Waals surface area contributed by atoms with Gasteiger partial charge in [0.2, 0.25) is 0 Å². The molecule has 1 saturated heterocycles. The molecule has 1 fully saturated rings. The Morgan fingerprint density at radius 3 is 2.40 bits per heavy atom. The summed E-state index contributed by atoms with van der Waals surface area (Å²) in [5.74, 6) is -1.75. The molecule has 0 aliphatic carbocycles. The Morgan fingerprint density at radius 1 is 1.17 bits per heavy atom. The number of ether oxygens (including phenoxy) is 1. The van der Waals surface area contributed by atoms with E-state index < -0.39 is 36.1 Å². The Hall–Kier alpha value is -3.23. The summed E-state index contributed by atoms with van der Waals surface area (Å²) >= 11 is 0. The summed E-state index contributed by atoms with van der Waals surface area (Å²) in [6.07, 6.45) is 0.517. The van der Waals surface area contributed by atoms with Crippen LogP contribution in [-0.4, -0.2) is 59.2 Å². The number of hydrogen-bond acceptors (Lipinski definition) is 6. The molecule has 0 unspecified atom stereocenters. The molecule has 2 rings (SSSR count). The summed E-state index contributed by atoms with van der Waals surface area (Å²) in [4.78, 5) is 60.6. The molecule has 9 heteroatoms. The Bertz CT molecular complexity index is 821. The average Bonchev–Trinajstić information content (AvgIpc) is 2.88. The molecule has 0 saturated carbocycles. The van der Waals surface area contributed by atoms with Crippen LogP contribution in [-0.2, 0) is 30.3 Å². The van der Waals surface area contributed by atoms with E-state index in [1.165, 1.54) is 6.92 Å². The average molecular weight is 417 g/mol. The second-order valence-corrected chi connectivity index (χ2v) is 7.70. The van der Waals surface area contributed by atoms with Crippen molar-refractivity contribution in [3.05, 3.63) is 35.9 Å². The van der Waals surface area contributed by atoms with E-state index in [1.807, 2.05) is 30.3 Å². The van der Waals surface area contributed by atoms with E-state index in [0.717, 1.165) is 10.5 Å². The lowest BCUT2D eigenvalue weighted by Gasteiger charge is -2.16. The zero-order valence-electron chi connectivity index (χ0n) is 17.4. The van der Waals surface area contributed by atoms with Crippen LogP contribution in [0.5, 0.6) is 0 Å². The fourth-order valence-corrected chi connectivity index (χ4v) is 3.00. The van der Waals surface area contributed by atoms with Gasteiger partial charge in [-0.3, -0.25) is 24.1 Å². The van der Waals surface area contributed by atoms with Crippen LogP contribution in [0.4, 0.5) is 4.79 Å². The highest BCUT2D eigenvalue weighted by molar-refractivity contribution is 6.06. The molecule has 1 atom stereocenters. The molecule has 0 aromatic heterocycles. The van der Waals surface area contributed by atoms with Crippen LogP contribution in [0.1, 0.15) is 39.2 Å². The van der Waals surface area contributed by atoms with Gasteiger partial charge in [0.25, 0.3) is 11.8 Å². The fraction of sp³-hybridized carbons (Fsp3) is 0.476. The minimum Gasteiger partial charge on any atom is -0.456 e. The number of carbonyl (C=O) groups is 5. The molecule has 162 valence electrons. The van der Waals surface area contributed by atoms with Gasteiger partial charge in [0, 0.05) is 13.0 Å². The van der Waals surface area contributed by atoms with Crippen LogP contribution >= 0.6 is 0 Å². The van der Waals surface area contributed by atoms with Crippen molar-refractivity contribution in [1.82, 2.24) is 15.5 Å². The van der Waals surface area contributed by atoms with Gasteiger partial charge in [0.15, 0.2) is 12.4 Å². The van der Waals surface area contributed by atoms with E-state index >= 15 is 0 Å². The summed E-state index contributed by atoms with van der Waals surface area (Å²) in [6, 6.07) is 8.06. The molecule has 0 radical (unpaired) electrons. The first kappa shape index (κ1) is 23.1. The Balaban J connectivity index is 1.72. The summed E-state index contributed by atoms with van der Waals surface area (Å²) in [5, 5.41) is 5.13. The summed E-state index contributed by atoms with van der Waals surface area (Å²) in [6.45, 7) is 4.17. The lowest BCUT2D eigenvalue weighted by Crippen LogP contribution is -2.43. The molecule has 1 aromatic rings. The van der Waals surface area contributed by atoms with Crippen LogP contribution in [0.2, 0.25) is 0 Å². The summed E-state index contributed by atoms with van der Waals surface area (Å²) < 4.78 is 4.93. The van der Waals surface area contributed by atoms with Gasteiger partial charge in [-0.2, -0.15) is 0 Å². The van der Waals surface area contributed by atoms with Crippen LogP contribution in [0.15, 0.2) is 30.3 Å². The van der Waals surface area contributed by atoms with Crippen LogP contribution < -0.4 is 10.6 Å². The molecule has 0 bridgehead atoms. The van der Waals surface area contributed by atoms with E-state index in [4.69, 9.17) is 4.74 Å². The maximum Gasteiger partial charge on any atom is 0.325 e. The number of esters is 1. The van der Waals surface area contributed by atoms with Crippen LogP contribution in [0.25, 0.3) is 0 Å². The molecule has 2 N–H and O–H groups in total. The molecule has 1 aliphatic heterocycles. The third-order valence-electron chi connectivity index (χ3n) is 4.68. The smallest absolute Gasteiger partial charge is 0.325 e. The van der Waals surface area contributed by atoms with Gasteiger partial charge in [0.1, 0.15) is 5.54 Å². The fourth-order valence-electron chi connectivity index (χ4n) is 3.00. The number of urea groups is 1. The SMILES string of the molecule is CC(=O)[C@H](Cc1ccccc1)NC(=O)COC(=O)CCCN1C(=O)NC(C)(C)C1=O.